The van der Waals surface area contributed by atoms with Gasteiger partial charge in [-0.3, -0.25) is 10.1 Å². The topological polar surface area (TPSA) is 107 Å². The van der Waals surface area contributed by atoms with E-state index in [9.17, 15) is 4.79 Å². The molecule has 17 heavy (non-hydrogen) atoms. The Morgan fingerprint density at radius 1 is 1.53 bits per heavy atom. The molecule has 0 saturated heterocycles. The Bertz CT molecular complexity index is 568. The first kappa shape index (κ1) is 11.3. The molecule has 7 nitrogen and oxygen atoms in total. The van der Waals surface area contributed by atoms with Crippen LogP contribution in [0.4, 0.5) is 11.8 Å². The van der Waals surface area contributed by atoms with E-state index in [0.717, 1.165) is 0 Å². The second-order valence-corrected chi connectivity index (χ2v) is 3.58. The summed E-state index contributed by atoms with van der Waals surface area (Å²) < 4.78 is 5.00. The summed E-state index contributed by atoms with van der Waals surface area (Å²) in [7, 11) is 0. The van der Waals surface area contributed by atoms with E-state index < -0.39 is 5.91 Å². The third-order valence-electron chi connectivity index (χ3n) is 1.88. The average Bonchev–Trinajstić information content (AvgIpc) is 2.68. The van der Waals surface area contributed by atoms with Gasteiger partial charge in [0.2, 0.25) is 5.89 Å². The van der Waals surface area contributed by atoms with E-state index in [1.807, 2.05) is 0 Å². The van der Waals surface area contributed by atoms with Gasteiger partial charge in [0.05, 0.1) is 10.6 Å². The molecule has 0 saturated carbocycles. The molecule has 0 fully saturated rings. The lowest BCUT2D eigenvalue weighted by Crippen LogP contribution is -2.12. The fourth-order valence-corrected chi connectivity index (χ4v) is 1.26. The lowest BCUT2D eigenvalue weighted by molar-refractivity contribution is 0.102. The summed E-state index contributed by atoms with van der Waals surface area (Å²) in [6.45, 7) is 1.62. The Kier molecular flexibility index (Phi) is 2.92. The standard InChI is InChI=1S/C9H8ClN5O2/c1-4-14-15-9(17-4)13-8(16)5-2-6(10)7(11)12-3-5/h2-3H,1H3,(H2,11,12)(H,13,15,16). The van der Waals surface area contributed by atoms with Crippen molar-refractivity contribution in [1.29, 1.82) is 0 Å². The molecular weight excluding hydrogens is 246 g/mol. The molecule has 0 aromatic carbocycles. The second-order valence-electron chi connectivity index (χ2n) is 3.17. The van der Waals surface area contributed by atoms with Gasteiger partial charge < -0.3 is 10.2 Å². The van der Waals surface area contributed by atoms with Crippen LogP contribution in [0.5, 0.6) is 0 Å². The zero-order chi connectivity index (χ0) is 12.4. The third kappa shape index (κ3) is 2.51. The summed E-state index contributed by atoms with van der Waals surface area (Å²) in [4.78, 5) is 15.5. The Balaban J connectivity index is 2.17. The van der Waals surface area contributed by atoms with E-state index in [1.165, 1.54) is 12.3 Å². The average molecular weight is 254 g/mol. The van der Waals surface area contributed by atoms with Crippen molar-refractivity contribution in [3.05, 3.63) is 28.7 Å². The molecule has 88 valence electrons. The molecule has 2 rings (SSSR count). The number of amides is 1. The van der Waals surface area contributed by atoms with Crippen molar-refractivity contribution in [2.75, 3.05) is 11.1 Å². The van der Waals surface area contributed by atoms with E-state index in [2.05, 4.69) is 20.5 Å². The SMILES string of the molecule is Cc1nnc(NC(=O)c2cnc(N)c(Cl)c2)o1. The zero-order valence-corrected chi connectivity index (χ0v) is 9.52. The van der Waals surface area contributed by atoms with Crippen molar-refractivity contribution in [3.8, 4) is 0 Å². The predicted molar refractivity (Wildman–Crippen MR) is 60.6 cm³/mol. The van der Waals surface area contributed by atoms with Crippen LogP contribution in [0.15, 0.2) is 16.7 Å². The first-order valence-corrected chi connectivity index (χ1v) is 4.96. The Morgan fingerprint density at radius 3 is 2.88 bits per heavy atom. The van der Waals surface area contributed by atoms with Crippen molar-refractivity contribution in [1.82, 2.24) is 15.2 Å². The Labute approximate surface area is 101 Å². The number of hydrogen-bond acceptors (Lipinski definition) is 6. The number of carbonyl (C=O) groups is 1. The van der Waals surface area contributed by atoms with Gasteiger partial charge >= 0.3 is 6.01 Å². The van der Waals surface area contributed by atoms with Gasteiger partial charge in [-0.2, -0.15) is 0 Å². The minimum atomic E-state index is -0.456. The quantitative estimate of drug-likeness (QED) is 0.834. The van der Waals surface area contributed by atoms with E-state index in [1.54, 1.807) is 6.92 Å². The van der Waals surface area contributed by atoms with E-state index in [4.69, 9.17) is 21.8 Å². The molecule has 0 aliphatic rings. The Hall–Kier alpha value is -2.15. The molecule has 0 spiro atoms. The highest BCUT2D eigenvalue weighted by molar-refractivity contribution is 6.33. The number of aromatic nitrogens is 3. The molecule has 2 aromatic rings. The molecule has 0 atom stereocenters. The molecule has 1 amide bonds. The number of carbonyl (C=O) groups excluding carboxylic acids is 1. The largest absolute Gasteiger partial charge is 0.408 e. The van der Waals surface area contributed by atoms with Crippen LogP contribution in [0.3, 0.4) is 0 Å². The summed E-state index contributed by atoms with van der Waals surface area (Å²) in [6, 6.07) is 1.42. The smallest absolute Gasteiger partial charge is 0.322 e. The lowest BCUT2D eigenvalue weighted by Gasteiger charge is -2.01. The number of anilines is 2. The molecule has 0 aliphatic heterocycles. The van der Waals surface area contributed by atoms with Gasteiger partial charge in [0.1, 0.15) is 5.82 Å². The highest BCUT2D eigenvalue weighted by Crippen LogP contribution is 2.17. The summed E-state index contributed by atoms with van der Waals surface area (Å²) >= 11 is 5.75. The number of hydrogen-bond donors (Lipinski definition) is 2. The second kappa shape index (κ2) is 4.38. The highest BCUT2D eigenvalue weighted by Gasteiger charge is 2.12. The van der Waals surface area contributed by atoms with E-state index in [0.29, 0.717) is 5.89 Å². The fourth-order valence-electron chi connectivity index (χ4n) is 1.09. The van der Waals surface area contributed by atoms with Crippen molar-refractivity contribution < 1.29 is 9.21 Å². The molecule has 2 aromatic heterocycles. The third-order valence-corrected chi connectivity index (χ3v) is 2.18. The van der Waals surface area contributed by atoms with Crippen molar-refractivity contribution in [3.63, 3.8) is 0 Å². The maximum Gasteiger partial charge on any atom is 0.322 e. The zero-order valence-electron chi connectivity index (χ0n) is 8.77. The normalized spacial score (nSPS) is 10.2. The van der Waals surface area contributed by atoms with Crippen molar-refractivity contribution in [2.45, 2.75) is 6.92 Å². The molecule has 0 unspecified atom stereocenters. The van der Waals surface area contributed by atoms with Crippen molar-refractivity contribution in [2.24, 2.45) is 0 Å². The summed E-state index contributed by atoms with van der Waals surface area (Å²) in [5, 5.41) is 9.81. The number of pyridine rings is 1. The van der Waals surface area contributed by atoms with Crippen LogP contribution >= 0.6 is 11.6 Å². The van der Waals surface area contributed by atoms with Crippen LogP contribution in [0, 0.1) is 6.92 Å². The van der Waals surface area contributed by atoms with E-state index >= 15 is 0 Å². The maximum atomic E-state index is 11.7. The monoisotopic (exact) mass is 253 g/mol. The first-order chi connectivity index (χ1) is 8.06. The molecule has 0 aliphatic carbocycles. The minimum Gasteiger partial charge on any atom is -0.408 e. The van der Waals surface area contributed by atoms with Crippen LogP contribution in [-0.2, 0) is 0 Å². The highest BCUT2D eigenvalue weighted by atomic mass is 35.5. The molecule has 3 N–H and O–H groups in total. The van der Waals surface area contributed by atoms with Crippen LogP contribution in [0.2, 0.25) is 5.02 Å². The predicted octanol–water partition coefficient (Wildman–Crippen LogP) is 1.26. The fraction of sp³-hybridized carbons (Fsp3) is 0.111. The van der Waals surface area contributed by atoms with Gasteiger partial charge in [0.15, 0.2) is 0 Å². The van der Waals surface area contributed by atoms with Crippen LogP contribution in [-0.4, -0.2) is 21.1 Å². The summed E-state index contributed by atoms with van der Waals surface area (Å²) in [5.74, 6) is 0.0636. The molecule has 0 radical (unpaired) electrons. The van der Waals surface area contributed by atoms with Gasteiger partial charge in [-0.05, 0) is 6.07 Å². The summed E-state index contributed by atoms with van der Waals surface area (Å²) in [5.41, 5.74) is 5.68. The number of halogens is 1. The Morgan fingerprint density at radius 2 is 2.29 bits per heavy atom. The van der Waals surface area contributed by atoms with E-state index in [-0.39, 0.29) is 22.4 Å². The van der Waals surface area contributed by atoms with Crippen LogP contribution in [0.1, 0.15) is 16.2 Å². The molecule has 2 heterocycles. The van der Waals surface area contributed by atoms with Crippen LogP contribution < -0.4 is 11.1 Å². The number of nitrogens with zero attached hydrogens (tertiary/aromatic N) is 3. The first-order valence-electron chi connectivity index (χ1n) is 4.59. The lowest BCUT2D eigenvalue weighted by atomic mass is 10.2. The number of aryl methyl sites for hydroxylation is 1. The molecule has 0 bridgehead atoms. The molecular formula is C9H8ClN5O2. The number of nitrogens with two attached hydrogens (primary N) is 1. The van der Waals surface area contributed by atoms with Gasteiger partial charge in [0, 0.05) is 13.1 Å². The number of nitrogen functional groups attached to an aromatic ring is 1. The van der Waals surface area contributed by atoms with Gasteiger partial charge in [0.25, 0.3) is 5.91 Å². The van der Waals surface area contributed by atoms with Gasteiger partial charge in [-0.1, -0.05) is 16.7 Å². The minimum absolute atomic E-state index is 0.0143. The van der Waals surface area contributed by atoms with Crippen molar-refractivity contribution >= 4 is 29.3 Å². The number of nitrogens with one attached hydrogen (secondary N) is 1. The van der Waals surface area contributed by atoms with Gasteiger partial charge in [-0.15, -0.1) is 5.10 Å². The molecule has 8 heteroatoms. The van der Waals surface area contributed by atoms with Crippen LogP contribution in [0.25, 0.3) is 0 Å². The summed E-state index contributed by atoms with van der Waals surface area (Å²) in [6.07, 6.45) is 1.31. The number of rotatable bonds is 2. The van der Waals surface area contributed by atoms with Gasteiger partial charge in [-0.25, -0.2) is 4.98 Å². The maximum absolute atomic E-state index is 11.7.